The Labute approximate surface area is 108 Å². The van der Waals surface area contributed by atoms with Gasteiger partial charge in [-0.2, -0.15) is 13.2 Å². The second-order valence-corrected chi connectivity index (χ2v) is 4.07. The SMILES string of the molecule is CC(NCc1cccc(F)c1)C(=O)NCC(F)(F)F. The summed E-state index contributed by atoms with van der Waals surface area (Å²) in [4.78, 5) is 11.3. The molecule has 0 radical (unpaired) electrons. The van der Waals surface area contributed by atoms with Gasteiger partial charge in [-0.15, -0.1) is 0 Å². The number of hydrogen-bond acceptors (Lipinski definition) is 2. The molecule has 7 heteroatoms. The molecule has 3 nitrogen and oxygen atoms in total. The molecule has 0 aliphatic rings. The number of halogens is 4. The van der Waals surface area contributed by atoms with Crippen LogP contribution in [0.5, 0.6) is 0 Å². The predicted octanol–water partition coefficient (Wildman–Crippen LogP) is 1.98. The third-order valence-corrected chi connectivity index (χ3v) is 2.36. The molecule has 0 aromatic heterocycles. The van der Waals surface area contributed by atoms with E-state index in [9.17, 15) is 22.4 Å². The van der Waals surface area contributed by atoms with Crippen LogP contribution in [0.25, 0.3) is 0 Å². The fourth-order valence-corrected chi connectivity index (χ4v) is 1.35. The van der Waals surface area contributed by atoms with Gasteiger partial charge in [0.25, 0.3) is 0 Å². The van der Waals surface area contributed by atoms with E-state index in [0.29, 0.717) is 5.56 Å². The van der Waals surface area contributed by atoms with Gasteiger partial charge in [0.1, 0.15) is 12.4 Å². The third kappa shape index (κ3) is 6.19. The van der Waals surface area contributed by atoms with E-state index in [1.165, 1.54) is 25.1 Å². The first-order valence-electron chi connectivity index (χ1n) is 5.60. The summed E-state index contributed by atoms with van der Waals surface area (Å²) in [7, 11) is 0. The molecule has 0 fully saturated rings. The molecule has 0 saturated heterocycles. The average molecular weight is 278 g/mol. The molecule has 106 valence electrons. The van der Waals surface area contributed by atoms with Crippen LogP contribution >= 0.6 is 0 Å². The molecule has 0 aliphatic carbocycles. The zero-order valence-corrected chi connectivity index (χ0v) is 10.2. The van der Waals surface area contributed by atoms with Gasteiger partial charge >= 0.3 is 6.18 Å². The first kappa shape index (κ1) is 15.4. The van der Waals surface area contributed by atoms with Gasteiger partial charge in [0.05, 0.1) is 6.04 Å². The standard InChI is InChI=1S/C12H14F4N2O/c1-8(11(19)18-7-12(14,15)16)17-6-9-3-2-4-10(13)5-9/h2-5,8,17H,6-7H2,1H3,(H,18,19). The fourth-order valence-electron chi connectivity index (χ4n) is 1.35. The maximum Gasteiger partial charge on any atom is 0.405 e. The second-order valence-electron chi connectivity index (χ2n) is 4.07. The van der Waals surface area contributed by atoms with E-state index >= 15 is 0 Å². The summed E-state index contributed by atoms with van der Waals surface area (Å²) in [5.74, 6) is -1.16. The lowest BCUT2D eigenvalue weighted by Crippen LogP contribution is -2.44. The number of nitrogens with one attached hydrogen (secondary N) is 2. The first-order chi connectivity index (χ1) is 8.78. The average Bonchev–Trinajstić information content (AvgIpc) is 2.32. The number of amides is 1. The van der Waals surface area contributed by atoms with Crippen molar-refractivity contribution in [2.24, 2.45) is 0 Å². The van der Waals surface area contributed by atoms with Crippen LogP contribution in [-0.2, 0) is 11.3 Å². The number of rotatable bonds is 5. The van der Waals surface area contributed by atoms with Gasteiger partial charge in [0, 0.05) is 6.54 Å². The second kappa shape index (κ2) is 6.51. The summed E-state index contributed by atoms with van der Waals surface area (Å²) in [6.07, 6.45) is -4.43. The first-order valence-corrected chi connectivity index (χ1v) is 5.60. The quantitative estimate of drug-likeness (QED) is 0.809. The fraction of sp³-hybridized carbons (Fsp3) is 0.417. The van der Waals surface area contributed by atoms with Crippen LogP contribution in [-0.4, -0.2) is 24.7 Å². The normalized spacial score (nSPS) is 13.1. The number of benzene rings is 1. The number of alkyl halides is 3. The van der Waals surface area contributed by atoms with Crippen LogP contribution in [0.2, 0.25) is 0 Å². The Kier molecular flexibility index (Phi) is 5.29. The van der Waals surface area contributed by atoms with Crippen LogP contribution in [0.3, 0.4) is 0 Å². The lowest BCUT2D eigenvalue weighted by Gasteiger charge is -2.15. The van der Waals surface area contributed by atoms with Crippen LogP contribution in [0.1, 0.15) is 12.5 Å². The number of carbonyl (C=O) groups is 1. The van der Waals surface area contributed by atoms with E-state index < -0.39 is 30.5 Å². The van der Waals surface area contributed by atoms with Crippen molar-refractivity contribution in [2.75, 3.05) is 6.54 Å². The Balaban J connectivity index is 2.38. The molecule has 19 heavy (non-hydrogen) atoms. The van der Waals surface area contributed by atoms with E-state index in [1.807, 2.05) is 0 Å². The molecular weight excluding hydrogens is 264 g/mol. The van der Waals surface area contributed by atoms with Crippen molar-refractivity contribution in [1.29, 1.82) is 0 Å². The summed E-state index contributed by atoms with van der Waals surface area (Å²) < 4.78 is 48.6. The summed E-state index contributed by atoms with van der Waals surface area (Å²) in [6.45, 7) is 0.265. The molecule has 1 aromatic rings. The van der Waals surface area contributed by atoms with E-state index in [4.69, 9.17) is 0 Å². The van der Waals surface area contributed by atoms with Gasteiger partial charge in [0.15, 0.2) is 0 Å². The Bertz CT molecular complexity index is 434. The van der Waals surface area contributed by atoms with Crippen LogP contribution in [0.15, 0.2) is 24.3 Å². The van der Waals surface area contributed by atoms with E-state index in [-0.39, 0.29) is 6.54 Å². The minimum absolute atomic E-state index is 0.193. The molecule has 0 saturated carbocycles. The molecule has 1 unspecified atom stereocenters. The molecule has 0 bridgehead atoms. The zero-order valence-electron chi connectivity index (χ0n) is 10.2. The van der Waals surface area contributed by atoms with Gasteiger partial charge < -0.3 is 10.6 Å². The smallest absolute Gasteiger partial charge is 0.346 e. The highest BCUT2D eigenvalue weighted by molar-refractivity contribution is 5.81. The molecule has 1 aromatic carbocycles. The molecule has 1 atom stereocenters. The van der Waals surface area contributed by atoms with E-state index in [2.05, 4.69) is 5.32 Å². The number of hydrogen-bond donors (Lipinski definition) is 2. The van der Waals surface area contributed by atoms with Gasteiger partial charge in [-0.1, -0.05) is 12.1 Å². The van der Waals surface area contributed by atoms with Gasteiger partial charge in [-0.3, -0.25) is 4.79 Å². The Hall–Kier alpha value is -1.63. The highest BCUT2D eigenvalue weighted by Gasteiger charge is 2.28. The van der Waals surface area contributed by atoms with Crippen molar-refractivity contribution in [2.45, 2.75) is 25.7 Å². The van der Waals surface area contributed by atoms with Gasteiger partial charge in [-0.05, 0) is 24.6 Å². The van der Waals surface area contributed by atoms with Crippen molar-refractivity contribution in [1.82, 2.24) is 10.6 Å². The number of carbonyl (C=O) groups excluding carboxylic acids is 1. The lowest BCUT2D eigenvalue weighted by molar-refractivity contribution is -0.139. The maximum atomic E-state index is 12.9. The molecule has 0 heterocycles. The zero-order chi connectivity index (χ0) is 14.5. The molecule has 0 aliphatic heterocycles. The molecule has 1 rings (SSSR count). The van der Waals surface area contributed by atoms with E-state index in [0.717, 1.165) is 0 Å². The topological polar surface area (TPSA) is 41.1 Å². The minimum Gasteiger partial charge on any atom is -0.346 e. The third-order valence-electron chi connectivity index (χ3n) is 2.36. The minimum atomic E-state index is -4.43. The van der Waals surface area contributed by atoms with Crippen LogP contribution in [0.4, 0.5) is 17.6 Å². The monoisotopic (exact) mass is 278 g/mol. The lowest BCUT2D eigenvalue weighted by atomic mass is 10.2. The van der Waals surface area contributed by atoms with Crippen molar-refractivity contribution in [3.05, 3.63) is 35.6 Å². The Morgan fingerprint density at radius 3 is 2.63 bits per heavy atom. The maximum absolute atomic E-state index is 12.9. The highest BCUT2D eigenvalue weighted by Crippen LogP contribution is 2.12. The molecular formula is C12H14F4N2O. The van der Waals surface area contributed by atoms with Crippen LogP contribution < -0.4 is 10.6 Å². The van der Waals surface area contributed by atoms with Crippen molar-refractivity contribution < 1.29 is 22.4 Å². The largest absolute Gasteiger partial charge is 0.405 e. The Morgan fingerprint density at radius 1 is 1.37 bits per heavy atom. The molecule has 0 spiro atoms. The molecule has 2 N–H and O–H groups in total. The summed E-state index contributed by atoms with van der Waals surface area (Å²) >= 11 is 0. The summed E-state index contributed by atoms with van der Waals surface area (Å²) in [5.41, 5.74) is 0.607. The van der Waals surface area contributed by atoms with Gasteiger partial charge in [-0.25, -0.2) is 4.39 Å². The van der Waals surface area contributed by atoms with Gasteiger partial charge in [0.2, 0.25) is 5.91 Å². The van der Waals surface area contributed by atoms with E-state index in [1.54, 1.807) is 11.4 Å². The summed E-state index contributed by atoms with van der Waals surface area (Å²) in [6, 6.07) is 4.93. The summed E-state index contributed by atoms with van der Waals surface area (Å²) in [5, 5.41) is 4.49. The molecule has 1 amide bonds. The van der Waals surface area contributed by atoms with Crippen molar-refractivity contribution in [3.8, 4) is 0 Å². The Morgan fingerprint density at radius 2 is 2.05 bits per heavy atom. The van der Waals surface area contributed by atoms with Crippen LogP contribution in [0, 0.1) is 5.82 Å². The van der Waals surface area contributed by atoms with Crippen molar-refractivity contribution in [3.63, 3.8) is 0 Å². The van der Waals surface area contributed by atoms with Crippen molar-refractivity contribution >= 4 is 5.91 Å². The highest BCUT2D eigenvalue weighted by atomic mass is 19.4. The predicted molar refractivity (Wildman–Crippen MR) is 61.8 cm³/mol.